The zero-order valence-corrected chi connectivity index (χ0v) is 19.8. The fourth-order valence-electron chi connectivity index (χ4n) is 4.23. The van der Waals surface area contributed by atoms with Crippen LogP contribution in [0.2, 0.25) is 0 Å². The van der Waals surface area contributed by atoms with E-state index in [-0.39, 0.29) is 0 Å². The van der Waals surface area contributed by atoms with Crippen molar-refractivity contribution in [1.82, 2.24) is 34.5 Å². The number of fused-ring (bicyclic) bond motifs is 1. The van der Waals surface area contributed by atoms with Gasteiger partial charge in [0.1, 0.15) is 17.2 Å². The van der Waals surface area contributed by atoms with E-state index >= 15 is 0 Å². The number of anilines is 1. The quantitative estimate of drug-likeness (QED) is 0.397. The molecule has 1 aromatic carbocycles. The van der Waals surface area contributed by atoms with Gasteiger partial charge in [-0.2, -0.15) is 15.0 Å². The summed E-state index contributed by atoms with van der Waals surface area (Å²) < 4.78 is 7.46. The number of imidazole rings is 1. The van der Waals surface area contributed by atoms with Gasteiger partial charge in [-0.05, 0) is 36.1 Å². The topological polar surface area (TPSA) is 97.6 Å². The molecule has 1 saturated heterocycles. The van der Waals surface area contributed by atoms with E-state index in [2.05, 4.69) is 33.6 Å². The average molecular weight is 477 g/mol. The Labute approximate surface area is 208 Å². The molecule has 1 fully saturated rings. The van der Waals surface area contributed by atoms with Crippen molar-refractivity contribution in [3.05, 3.63) is 78.3 Å². The number of nitrogens with one attached hydrogen (secondary N) is 1. The first-order chi connectivity index (χ1) is 17.8. The Hall–Kier alpha value is -4.55. The van der Waals surface area contributed by atoms with E-state index < -0.39 is 0 Å². The van der Waals surface area contributed by atoms with Crippen molar-refractivity contribution in [2.45, 2.75) is 13.3 Å². The van der Waals surface area contributed by atoms with E-state index in [1.54, 1.807) is 6.20 Å². The number of nitrogens with zero attached hydrogens (tertiary/aromatic N) is 7. The molecule has 0 aliphatic carbocycles. The van der Waals surface area contributed by atoms with Crippen molar-refractivity contribution in [2.75, 3.05) is 31.2 Å². The maximum Gasteiger partial charge on any atom is 0.240 e. The van der Waals surface area contributed by atoms with Crippen LogP contribution in [0.25, 0.3) is 28.2 Å². The Bertz CT molecular complexity index is 1570. The van der Waals surface area contributed by atoms with Gasteiger partial charge in [0.05, 0.1) is 13.2 Å². The molecular weight excluding hydrogens is 452 g/mol. The molecule has 0 saturated carbocycles. The summed E-state index contributed by atoms with van der Waals surface area (Å²) in [6.45, 7) is 4.79. The molecular formula is C27H24N8O. The van der Waals surface area contributed by atoms with Crippen LogP contribution in [0.1, 0.15) is 24.1 Å². The van der Waals surface area contributed by atoms with Crippen LogP contribution in [0.4, 0.5) is 5.95 Å². The minimum atomic E-state index is 0.518. The molecule has 1 aliphatic heterocycles. The van der Waals surface area contributed by atoms with Gasteiger partial charge in [-0.25, -0.2) is 9.97 Å². The Morgan fingerprint density at radius 2 is 1.78 bits per heavy atom. The number of rotatable bonds is 4. The van der Waals surface area contributed by atoms with Crippen LogP contribution in [0.15, 0.2) is 61.1 Å². The first-order valence-electron chi connectivity index (χ1n) is 12.0. The summed E-state index contributed by atoms with van der Waals surface area (Å²) in [5, 5.41) is 1.06. The minimum Gasteiger partial charge on any atom is -0.378 e. The Kier molecular flexibility index (Phi) is 5.85. The number of benzene rings is 1. The highest BCUT2D eigenvalue weighted by Gasteiger charge is 2.20. The number of H-pyrrole nitrogens is 1. The summed E-state index contributed by atoms with van der Waals surface area (Å²) in [4.78, 5) is 29.1. The van der Waals surface area contributed by atoms with Gasteiger partial charge in [-0.15, -0.1) is 0 Å². The summed E-state index contributed by atoms with van der Waals surface area (Å²) in [5.41, 5.74) is 3.31. The van der Waals surface area contributed by atoms with Gasteiger partial charge in [0, 0.05) is 54.6 Å². The number of morpholine rings is 1. The SMILES string of the molecule is CCc1nc(C#Cc2ccccn2)cn1-c1nc(-c2cccc3[nH]ccc23)nc(N2CCOCC2)n1. The second-order valence-corrected chi connectivity index (χ2v) is 8.33. The van der Waals surface area contributed by atoms with Crippen LogP contribution in [-0.4, -0.2) is 60.8 Å². The number of aromatic amines is 1. The van der Waals surface area contributed by atoms with E-state index in [0.717, 1.165) is 35.4 Å². The summed E-state index contributed by atoms with van der Waals surface area (Å²) in [5.74, 6) is 8.79. The van der Waals surface area contributed by atoms with Gasteiger partial charge < -0.3 is 14.6 Å². The van der Waals surface area contributed by atoms with Crippen molar-refractivity contribution < 1.29 is 4.74 Å². The lowest BCUT2D eigenvalue weighted by Crippen LogP contribution is -2.37. The highest BCUT2D eigenvalue weighted by molar-refractivity contribution is 5.93. The third-order valence-corrected chi connectivity index (χ3v) is 6.04. The molecule has 1 N–H and O–H groups in total. The summed E-state index contributed by atoms with van der Waals surface area (Å²) in [6.07, 6.45) is 6.24. The second kappa shape index (κ2) is 9.60. The largest absolute Gasteiger partial charge is 0.378 e. The fourth-order valence-corrected chi connectivity index (χ4v) is 4.23. The van der Waals surface area contributed by atoms with E-state index in [4.69, 9.17) is 24.7 Å². The molecule has 178 valence electrons. The predicted octanol–water partition coefficient (Wildman–Crippen LogP) is 3.40. The number of aromatic nitrogens is 7. The zero-order valence-electron chi connectivity index (χ0n) is 19.8. The normalized spacial score (nSPS) is 13.5. The zero-order chi connectivity index (χ0) is 24.3. The molecule has 6 rings (SSSR count). The molecule has 5 aromatic rings. The fraction of sp³-hybridized carbons (Fsp3) is 0.222. The Balaban J connectivity index is 1.47. The molecule has 9 nitrogen and oxygen atoms in total. The molecule has 4 aromatic heterocycles. The maximum atomic E-state index is 5.55. The Morgan fingerprint density at radius 1 is 0.917 bits per heavy atom. The average Bonchev–Trinajstić information content (AvgIpc) is 3.60. The number of pyridine rings is 1. The molecule has 9 heteroatoms. The van der Waals surface area contributed by atoms with E-state index in [9.17, 15) is 0 Å². The summed E-state index contributed by atoms with van der Waals surface area (Å²) in [7, 11) is 0. The van der Waals surface area contributed by atoms with Crippen molar-refractivity contribution in [3.63, 3.8) is 0 Å². The van der Waals surface area contributed by atoms with Crippen LogP contribution >= 0.6 is 0 Å². The molecule has 0 unspecified atom stereocenters. The molecule has 5 heterocycles. The third kappa shape index (κ3) is 4.30. The van der Waals surface area contributed by atoms with Crippen molar-refractivity contribution >= 4 is 16.9 Å². The van der Waals surface area contributed by atoms with Gasteiger partial charge >= 0.3 is 0 Å². The third-order valence-electron chi connectivity index (χ3n) is 6.04. The van der Waals surface area contributed by atoms with Gasteiger partial charge in [-0.3, -0.25) is 4.57 Å². The van der Waals surface area contributed by atoms with Crippen LogP contribution in [0.3, 0.4) is 0 Å². The molecule has 0 amide bonds. The first-order valence-corrected chi connectivity index (χ1v) is 12.0. The van der Waals surface area contributed by atoms with Crippen LogP contribution in [0, 0.1) is 11.8 Å². The lowest BCUT2D eigenvalue weighted by Gasteiger charge is -2.27. The second-order valence-electron chi connectivity index (χ2n) is 8.33. The first kappa shape index (κ1) is 21.9. The van der Waals surface area contributed by atoms with Crippen molar-refractivity contribution in [1.29, 1.82) is 0 Å². The molecule has 0 radical (unpaired) electrons. The predicted molar refractivity (Wildman–Crippen MR) is 137 cm³/mol. The van der Waals surface area contributed by atoms with Crippen molar-refractivity contribution in [2.24, 2.45) is 0 Å². The lowest BCUT2D eigenvalue weighted by atomic mass is 10.1. The highest BCUT2D eigenvalue weighted by Crippen LogP contribution is 2.27. The van der Waals surface area contributed by atoms with Crippen LogP contribution in [-0.2, 0) is 11.2 Å². The number of hydrogen-bond donors (Lipinski definition) is 1. The molecule has 36 heavy (non-hydrogen) atoms. The molecule has 1 aliphatic rings. The molecule has 0 spiro atoms. The molecule has 0 atom stereocenters. The lowest BCUT2D eigenvalue weighted by molar-refractivity contribution is 0.122. The number of ether oxygens (including phenoxy) is 1. The van der Waals surface area contributed by atoms with Gasteiger partial charge in [0.15, 0.2) is 5.82 Å². The maximum absolute atomic E-state index is 5.55. The standard InChI is InChI=1S/C27H24N8O/c1-2-24-30-20(10-9-19-6-3-4-12-28-19)18-35(24)27-32-25(22-7-5-8-23-21(22)11-13-29-23)31-26(33-27)34-14-16-36-17-15-34/h3-8,11-13,18,29H,2,14-17H2,1H3. The van der Waals surface area contributed by atoms with Crippen LogP contribution in [0.5, 0.6) is 0 Å². The van der Waals surface area contributed by atoms with Crippen LogP contribution < -0.4 is 4.90 Å². The van der Waals surface area contributed by atoms with Gasteiger partial charge in [-0.1, -0.05) is 25.1 Å². The minimum absolute atomic E-state index is 0.518. The van der Waals surface area contributed by atoms with Gasteiger partial charge in [0.2, 0.25) is 11.9 Å². The van der Waals surface area contributed by atoms with E-state index in [1.807, 2.05) is 59.4 Å². The van der Waals surface area contributed by atoms with E-state index in [1.165, 1.54) is 0 Å². The number of hydrogen-bond acceptors (Lipinski definition) is 7. The Morgan fingerprint density at radius 3 is 2.61 bits per heavy atom. The monoisotopic (exact) mass is 476 g/mol. The molecule has 0 bridgehead atoms. The van der Waals surface area contributed by atoms with Gasteiger partial charge in [0.25, 0.3) is 0 Å². The summed E-state index contributed by atoms with van der Waals surface area (Å²) in [6, 6.07) is 13.8. The van der Waals surface area contributed by atoms with E-state index in [0.29, 0.717) is 48.7 Å². The number of aryl methyl sites for hydroxylation is 1. The highest BCUT2D eigenvalue weighted by atomic mass is 16.5. The van der Waals surface area contributed by atoms with Crippen molar-refractivity contribution in [3.8, 4) is 29.2 Å². The summed E-state index contributed by atoms with van der Waals surface area (Å²) >= 11 is 0. The smallest absolute Gasteiger partial charge is 0.240 e.